The highest BCUT2D eigenvalue weighted by Gasteiger charge is 2.08. The molecule has 1 aliphatic heterocycles. The van der Waals surface area contributed by atoms with E-state index in [1.807, 2.05) is 12.1 Å². The van der Waals surface area contributed by atoms with Gasteiger partial charge in [0.15, 0.2) is 0 Å². The fourth-order valence-corrected chi connectivity index (χ4v) is 2.65. The summed E-state index contributed by atoms with van der Waals surface area (Å²) in [7, 11) is 0. The van der Waals surface area contributed by atoms with Crippen LogP contribution >= 0.6 is 22.9 Å². The number of rotatable bonds is 4. The van der Waals surface area contributed by atoms with E-state index in [4.69, 9.17) is 11.6 Å². The number of hydrogen-bond donors (Lipinski definition) is 2. The Morgan fingerprint density at radius 2 is 2.20 bits per heavy atom. The van der Waals surface area contributed by atoms with E-state index in [1.165, 1.54) is 0 Å². The van der Waals surface area contributed by atoms with Crippen LogP contribution in [0.1, 0.15) is 0 Å². The lowest BCUT2D eigenvalue weighted by Crippen LogP contribution is -2.45. The molecule has 0 unspecified atom stereocenters. The molecule has 2 heterocycles. The highest BCUT2D eigenvalue weighted by Crippen LogP contribution is 2.25. The van der Waals surface area contributed by atoms with Crippen LogP contribution in [0.4, 0.5) is 5.00 Å². The van der Waals surface area contributed by atoms with Crippen molar-refractivity contribution >= 4 is 27.9 Å². The highest BCUT2D eigenvalue weighted by molar-refractivity contribution is 7.19. The molecule has 15 heavy (non-hydrogen) atoms. The Kier molecular flexibility index (Phi) is 4.26. The van der Waals surface area contributed by atoms with Crippen LogP contribution in [0.15, 0.2) is 12.1 Å². The number of thiophene rings is 1. The van der Waals surface area contributed by atoms with Crippen LogP contribution in [0.3, 0.4) is 0 Å². The van der Waals surface area contributed by atoms with E-state index in [9.17, 15) is 0 Å². The van der Waals surface area contributed by atoms with Crippen LogP contribution in [0.25, 0.3) is 0 Å². The molecule has 0 saturated carbocycles. The van der Waals surface area contributed by atoms with Crippen LogP contribution in [0.2, 0.25) is 4.34 Å². The lowest BCUT2D eigenvalue weighted by Gasteiger charge is -2.27. The van der Waals surface area contributed by atoms with Crippen molar-refractivity contribution in [3.63, 3.8) is 0 Å². The number of piperazine rings is 1. The van der Waals surface area contributed by atoms with Gasteiger partial charge in [0.25, 0.3) is 0 Å². The van der Waals surface area contributed by atoms with E-state index < -0.39 is 0 Å². The van der Waals surface area contributed by atoms with Gasteiger partial charge in [-0.1, -0.05) is 11.6 Å². The minimum absolute atomic E-state index is 0.847. The second-order valence-corrected chi connectivity index (χ2v) is 5.34. The number of halogens is 1. The summed E-state index contributed by atoms with van der Waals surface area (Å²) in [5, 5.41) is 7.90. The molecule has 1 fully saturated rings. The summed E-state index contributed by atoms with van der Waals surface area (Å²) in [4.78, 5) is 2.47. The largest absolute Gasteiger partial charge is 0.376 e. The number of nitrogens with zero attached hydrogens (tertiary/aromatic N) is 1. The molecular weight excluding hydrogens is 230 g/mol. The highest BCUT2D eigenvalue weighted by atomic mass is 35.5. The SMILES string of the molecule is Clc1ccc(NCCN2CCNCC2)s1. The lowest BCUT2D eigenvalue weighted by molar-refractivity contribution is 0.249. The molecule has 5 heteroatoms. The third-order valence-corrected chi connectivity index (χ3v) is 3.70. The first-order chi connectivity index (χ1) is 7.34. The molecule has 1 aromatic rings. The number of hydrogen-bond acceptors (Lipinski definition) is 4. The van der Waals surface area contributed by atoms with Gasteiger partial charge >= 0.3 is 0 Å². The van der Waals surface area contributed by atoms with Crippen molar-refractivity contribution in [3.8, 4) is 0 Å². The molecule has 0 aromatic carbocycles. The quantitative estimate of drug-likeness (QED) is 0.846. The van der Waals surface area contributed by atoms with Gasteiger partial charge in [0.05, 0.1) is 9.34 Å². The van der Waals surface area contributed by atoms with Gasteiger partial charge in [-0.25, -0.2) is 0 Å². The van der Waals surface area contributed by atoms with Gasteiger partial charge in [-0.3, -0.25) is 4.90 Å². The molecule has 2 rings (SSSR count). The average molecular weight is 246 g/mol. The van der Waals surface area contributed by atoms with Crippen molar-refractivity contribution in [1.82, 2.24) is 10.2 Å². The molecule has 0 spiro atoms. The van der Waals surface area contributed by atoms with Crippen LogP contribution in [-0.4, -0.2) is 44.2 Å². The smallest absolute Gasteiger partial charge is 0.0950 e. The van der Waals surface area contributed by atoms with Crippen molar-refractivity contribution < 1.29 is 0 Å². The first-order valence-electron chi connectivity index (χ1n) is 5.27. The molecule has 0 radical (unpaired) electrons. The summed E-state index contributed by atoms with van der Waals surface area (Å²) in [6.45, 7) is 6.66. The third-order valence-electron chi connectivity index (χ3n) is 2.51. The first-order valence-corrected chi connectivity index (χ1v) is 6.46. The average Bonchev–Trinajstić information content (AvgIpc) is 2.66. The predicted octanol–water partition coefficient (Wildman–Crippen LogP) is 1.72. The maximum atomic E-state index is 5.85. The summed E-state index contributed by atoms with van der Waals surface area (Å²) < 4.78 is 0.847. The Labute approximate surface area is 99.4 Å². The van der Waals surface area contributed by atoms with Crippen molar-refractivity contribution in [2.24, 2.45) is 0 Å². The van der Waals surface area contributed by atoms with Crippen molar-refractivity contribution in [1.29, 1.82) is 0 Å². The minimum Gasteiger partial charge on any atom is -0.376 e. The molecule has 1 saturated heterocycles. The van der Waals surface area contributed by atoms with Crippen molar-refractivity contribution in [2.75, 3.05) is 44.6 Å². The number of anilines is 1. The maximum absolute atomic E-state index is 5.85. The predicted molar refractivity (Wildman–Crippen MR) is 67.1 cm³/mol. The van der Waals surface area contributed by atoms with E-state index in [2.05, 4.69) is 15.5 Å². The topological polar surface area (TPSA) is 27.3 Å². The second-order valence-electron chi connectivity index (χ2n) is 3.62. The van der Waals surface area contributed by atoms with E-state index in [-0.39, 0.29) is 0 Å². The van der Waals surface area contributed by atoms with E-state index in [0.717, 1.165) is 48.6 Å². The van der Waals surface area contributed by atoms with Crippen LogP contribution in [0, 0.1) is 0 Å². The molecule has 1 aliphatic rings. The van der Waals surface area contributed by atoms with E-state index in [0.29, 0.717) is 0 Å². The van der Waals surface area contributed by atoms with Gasteiger partial charge < -0.3 is 10.6 Å². The van der Waals surface area contributed by atoms with Gasteiger partial charge in [0, 0.05) is 39.3 Å². The van der Waals surface area contributed by atoms with E-state index >= 15 is 0 Å². The Balaban J connectivity index is 1.65. The third kappa shape index (κ3) is 3.65. The van der Waals surface area contributed by atoms with Gasteiger partial charge in [-0.2, -0.15) is 0 Å². The Morgan fingerprint density at radius 3 is 2.87 bits per heavy atom. The summed E-state index contributed by atoms with van der Waals surface area (Å²) in [6, 6.07) is 3.96. The van der Waals surface area contributed by atoms with Crippen molar-refractivity contribution in [2.45, 2.75) is 0 Å². The molecule has 3 nitrogen and oxygen atoms in total. The summed E-state index contributed by atoms with van der Waals surface area (Å²) in [6.07, 6.45) is 0. The fraction of sp³-hybridized carbons (Fsp3) is 0.600. The lowest BCUT2D eigenvalue weighted by atomic mass is 10.3. The van der Waals surface area contributed by atoms with Crippen LogP contribution in [0.5, 0.6) is 0 Å². The van der Waals surface area contributed by atoms with Crippen LogP contribution < -0.4 is 10.6 Å². The zero-order valence-corrected chi connectivity index (χ0v) is 10.2. The standard InChI is InChI=1S/C10H16ClN3S/c11-9-1-2-10(15-9)13-5-8-14-6-3-12-4-7-14/h1-2,12-13H,3-8H2. The minimum atomic E-state index is 0.847. The molecule has 0 atom stereocenters. The second kappa shape index (κ2) is 5.70. The zero-order valence-electron chi connectivity index (χ0n) is 8.63. The molecule has 0 bridgehead atoms. The molecule has 84 valence electrons. The Hall–Kier alpha value is -0.290. The van der Waals surface area contributed by atoms with Gasteiger partial charge in [-0.05, 0) is 12.1 Å². The molecule has 1 aromatic heterocycles. The zero-order chi connectivity index (χ0) is 10.5. The maximum Gasteiger partial charge on any atom is 0.0950 e. The van der Waals surface area contributed by atoms with Crippen LogP contribution in [-0.2, 0) is 0 Å². The molecule has 0 amide bonds. The van der Waals surface area contributed by atoms with E-state index in [1.54, 1.807) is 11.3 Å². The summed E-state index contributed by atoms with van der Waals surface area (Å²) in [5.41, 5.74) is 0. The van der Waals surface area contributed by atoms with Gasteiger partial charge in [0.2, 0.25) is 0 Å². The molecular formula is C10H16ClN3S. The van der Waals surface area contributed by atoms with Crippen molar-refractivity contribution in [3.05, 3.63) is 16.5 Å². The monoisotopic (exact) mass is 245 g/mol. The number of nitrogens with one attached hydrogen (secondary N) is 2. The fourth-order valence-electron chi connectivity index (χ4n) is 1.68. The molecule has 0 aliphatic carbocycles. The first kappa shape index (κ1) is 11.2. The van der Waals surface area contributed by atoms with Gasteiger partial charge in [-0.15, -0.1) is 11.3 Å². The molecule has 2 N–H and O–H groups in total. The van der Waals surface area contributed by atoms with Gasteiger partial charge in [0.1, 0.15) is 0 Å². The Morgan fingerprint density at radius 1 is 1.40 bits per heavy atom. The summed E-state index contributed by atoms with van der Waals surface area (Å²) in [5.74, 6) is 0. The normalized spacial score (nSPS) is 17.9. The summed E-state index contributed by atoms with van der Waals surface area (Å²) >= 11 is 7.45. The Bertz CT molecular complexity index is 297.